The maximum Gasteiger partial charge on any atom is -0.00171 e. The molecule has 94 valence electrons. The summed E-state index contributed by atoms with van der Waals surface area (Å²) in [5, 5.41) is 3.67. The number of hydrogen-bond acceptors (Lipinski definition) is 1. The molecule has 0 aliphatic heterocycles. The van der Waals surface area contributed by atoms with Crippen LogP contribution in [0.3, 0.4) is 0 Å². The number of rotatable bonds is 6. The summed E-state index contributed by atoms with van der Waals surface area (Å²) in [6.45, 7) is 11.6. The smallest absolute Gasteiger partial charge is 0.00171 e. The fourth-order valence-corrected chi connectivity index (χ4v) is 2.91. The first kappa shape index (κ1) is 13.8. The fourth-order valence-electron chi connectivity index (χ4n) is 2.91. The molecule has 0 fully saturated rings. The summed E-state index contributed by atoms with van der Waals surface area (Å²) in [7, 11) is 0. The molecule has 1 nitrogen and oxygen atoms in total. The minimum atomic E-state index is 0.786. The Balaban J connectivity index is 2.21. The highest BCUT2D eigenvalue weighted by molar-refractivity contribution is 5.06. The van der Waals surface area contributed by atoms with Crippen LogP contribution in [0.5, 0.6) is 0 Å². The van der Waals surface area contributed by atoms with Gasteiger partial charge < -0.3 is 5.32 Å². The predicted octanol–water partition coefficient (Wildman–Crippen LogP) is 4.00. The number of hydrogen-bond donors (Lipinski definition) is 1. The van der Waals surface area contributed by atoms with Gasteiger partial charge in [0.1, 0.15) is 0 Å². The molecule has 1 N–H and O–H groups in total. The molecule has 2 unspecified atom stereocenters. The average molecular weight is 223 g/mol. The second-order valence-electron chi connectivity index (χ2n) is 5.64. The Kier molecular flexibility index (Phi) is 6.12. The zero-order valence-electron chi connectivity index (χ0n) is 11.6. The standard InChI is InChI=1S/C15H29N/c1-5-14(6-2)10-16-11-15-8-12(3)7-13(4)9-15/h7,12,14-16H,5-6,8-11H2,1-4H3. The summed E-state index contributed by atoms with van der Waals surface area (Å²) < 4.78 is 0. The Bertz CT molecular complexity index is 215. The van der Waals surface area contributed by atoms with Gasteiger partial charge in [0, 0.05) is 0 Å². The van der Waals surface area contributed by atoms with Crippen molar-refractivity contribution in [2.24, 2.45) is 17.8 Å². The molecule has 0 aromatic carbocycles. The molecule has 0 amide bonds. The first-order valence-electron chi connectivity index (χ1n) is 7.03. The molecule has 0 saturated heterocycles. The zero-order valence-corrected chi connectivity index (χ0v) is 11.6. The van der Waals surface area contributed by atoms with Crippen LogP contribution >= 0.6 is 0 Å². The summed E-state index contributed by atoms with van der Waals surface area (Å²) in [6.07, 6.45) is 7.73. The highest BCUT2D eigenvalue weighted by Crippen LogP contribution is 2.27. The van der Waals surface area contributed by atoms with E-state index in [4.69, 9.17) is 0 Å². The van der Waals surface area contributed by atoms with E-state index in [0.717, 1.165) is 17.8 Å². The SMILES string of the molecule is CCC(CC)CNCC1CC(C)=CC(C)C1. The van der Waals surface area contributed by atoms with Gasteiger partial charge in [-0.3, -0.25) is 0 Å². The van der Waals surface area contributed by atoms with Gasteiger partial charge in [-0.2, -0.15) is 0 Å². The summed E-state index contributed by atoms with van der Waals surface area (Å²) >= 11 is 0. The summed E-state index contributed by atoms with van der Waals surface area (Å²) in [5.74, 6) is 2.53. The summed E-state index contributed by atoms with van der Waals surface area (Å²) in [5.41, 5.74) is 1.59. The largest absolute Gasteiger partial charge is 0.316 e. The van der Waals surface area contributed by atoms with Crippen molar-refractivity contribution in [2.45, 2.75) is 53.4 Å². The molecule has 1 rings (SSSR count). The quantitative estimate of drug-likeness (QED) is 0.671. The lowest BCUT2D eigenvalue weighted by molar-refractivity contribution is 0.359. The molecule has 0 aromatic heterocycles. The van der Waals surface area contributed by atoms with Gasteiger partial charge in [-0.05, 0) is 50.6 Å². The zero-order chi connectivity index (χ0) is 12.0. The van der Waals surface area contributed by atoms with E-state index in [-0.39, 0.29) is 0 Å². The number of nitrogens with one attached hydrogen (secondary N) is 1. The Hall–Kier alpha value is -0.300. The van der Waals surface area contributed by atoms with E-state index in [1.165, 1.54) is 38.8 Å². The Morgan fingerprint density at radius 2 is 2.06 bits per heavy atom. The van der Waals surface area contributed by atoms with Crippen LogP contribution in [0.1, 0.15) is 53.4 Å². The first-order chi connectivity index (χ1) is 7.65. The van der Waals surface area contributed by atoms with Crippen molar-refractivity contribution in [3.8, 4) is 0 Å². The van der Waals surface area contributed by atoms with E-state index in [1.807, 2.05) is 0 Å². The molecule has 1 heteroatoms. The van der Waals surface area contributed by atoms with Gasteiger partial charge in [0.25, 0.3) is 0 Å². The lowest BCUT2D eigenvalue weighted by atomic mass is 9.83. The third-order valence-electron chi connectivity index (χ3n) is 3.91. The molecule has 0 bridgehead atoms. The minimum Gasteiger partial charge on any atom is -0.316 e. The molecule has 16 heavy (non-hydrogen) atoms. The molecular weight excluding hydrogens is 194 g/mol. The highest BCUT2D eigenvalue weighted by Gasteiger charge is 2.17. The third-order valence-corrected chi connectivity index (χ3v) is 3.91. The van der Waals surface area contributed by atoms with Crippen LogP contribution in [-0.2, 0) is 0 Å². The molecular formula is C15H29N. The average Bonchev–Trinajstić information content (AvgIpc) is 2.23. The highest BCUT2D eigenvalue weighted by atomic mass is 14.9. The summed E-state index contributed by atoms with van der Waals surface area (Å²) in [4.78, 5) is 0. The molecule has 0 heterocycles. The van der Waals surface area contributed by atoms with E-state index >= 15 is 0 Å². The summed E-state index contributed by atoms with van der Waals surface area (Å²) in [6, 6.07) is 0. The van der Waals surface area contributed by atoms with Crippen LogP contribution in [0.25, 0.3) is 0 Å². The molecule has 1 aliphatic carbocycles. The monoisotopic (exact) mass is 223 g/mol. The van der Waals surface area contributed by atoms with Crippen molar-refractivity contribution < 1.29 is 0 Å². The van der Waals surface area contributed by atoms with E-state index in [0.29, 0.717) is 0 Å². The molecule has 0 radical (unpaired) electrons. The Labute approximate surface area is 102 Å². The van der Waals surface area contributed by atoms with Gasteiger partial charge in [-0.15, -0.1) is 0 Å². The van der Waals surface area contributed by atoms with Crippen LogP contribution in [-0.4, -0.2) is 13.1 Å². The second kappa shape index (κ2) is 7.11. The van der Waals surface area contributed by atoms with E-state index in [2.05, 4.69) is 39.1 Å². The van der Waals surface area contributed by atoms with Gasteiger partial charge in [-0.25, -0.2) is 0 Å². The van der Waals surface area contributed by atoms with E-state index in [1.54, 1.807) is 5.57 Å². The van der Waals surface area contributed by atoms with Crippen LogP contribution in [0.2, 0.25) is 0 Å². The second-order valence-corrected chi connectivity index (χ2v) is 5.64. The van der Waals surface area contributed by atoms with Gasteiger partial charge in [0.05, 0.1) is 0 Å². The van der Waals surface area contributed by atoms with E-state index < -0.39 is 0 Å². The van der Waals surface area contributed by atoms with Crippen LogP contribution < -0.4 is 5.32 Å². The predicted molar refractivity (Wildman–Crippen MR) is 72.6 cm³/mol. The normalized spacial score (nSPS) is 25.9. The van der Waals surface area contributed by atoms with Gasteiger partial charge in [0.15, 0.2) is 0 Å². The van der Waals surface area contributed by atoms with Crippen molar-refractivity contribution >= 4 is 0 Å². The van der Waals surface area contributed by atoms with Crippen molar-refractivity contribution in [2.75, 3.05) is 13.1 Å². The molecule has 1 aliphatic rings. The lowest BCUT2D eigenvalue weighted by Gasteiger charge is -2.26. The molecule has 0 saturated carbocycles. The topological polar surface area (TPSA) is 12.0 Å². The van der Waals surface area contributed by atoms with Crippen LogP contribution in [0.15, 0.2) is 11.6 Å². The van der Waals surface area contributed by atoms with E-state index in [9.17, 15) is 0 Å². The molecule has 0 spiro atoms. The van der Waals surface area contributed by atoms with Crippen molar-refractivity contribution in [3.63, 3.8) is 0 Å². The fraction of sp³-hybridized carbons (Fsp3) is 0.867. The lowest BCUT2D eigenvalue weighted by Crippen LogP contribution is -2.29. The minimum absolute atomic E-state index is 0.786. The van der Waals surface area contributed by atoms with Crippen LogP contribution in [0, 0.1) is 17.8 Å². The maximum absolute atomic E-state index is 3.67. The molecule has 0 aromatic rings. The molecule has 2 atom stereocenters. The first-order valence-corrected chi connectivity index (χ1v) is 7.03. The third kappa shape index (κ3) is 4.69. The van der Waals surface area contributed by atoms with Crippen molar-refractivity contribution in [1.29, 1.82) is 0 Å². The maximum atomic E-state index is 3.67. The van der Waals surface area contributed by atoms with Crippen molar-refractivity contribution in [1.82, 2.24) is 5.32 Å². The Morgan fingerprint density at radius 1 is 1.38 bits per heavy atom. The van der Waals surface area contributed by atoms with Gasteiger partial charge in [0.2, 0.25) is 0 Å². The van der Waals surface area contributed by atoms with Crippen LogP contribution in [0.4, 0.5) is 0 Å². The van der Waals surface area contributed by atoms with Crippen molar-refractivity contribution in [3.05, 3.63) is 11.6 Å². The Morgan fingerprint density at radius 3 is 2.62 bits per heavy atom. The number of allylic oxidation sites excluding steroid dienone is 2. The van der Waals surface area contributed by atoms with Gasteiger partial charge in [-0.1, -0.05) is 45.3 Å². The van der Waals surface area contributed by atoms with Gasteiger partial charge >= 0.3 is 0 Å².